The van der Waals surface area contributed by atoms with Gasteiger partial charge in [-0.15, -0.1) is 0 Å². The lowest BCUT2D eigenvalue weighted by Crippen LogP contribution is -2.46. The van der Waals surface area contributed by atoms with Crippen molar-refractivity contribution in [1.82, 2.24) is 30.2 Å². The second kappa shape index (κ2) is 24.0. The van der Waals surface area contributed by atoms with Gasteiger partial charge in [-0.05, 0) is 69.1 Å². The third-order valence-electron chi connectivity index (χ3n) is 12.4. The monoisotopic (exact) mass is 1090 g/mol. The standard InChI is InChI=1S/C41H59N8O19P3S/c1-40(2,21-64-71(60,61)68-70(58,59)63-19-29-33(67-69(55,56)57)32(51)38(66-29)49-23-48-31-35(43)46-22-47-36(31)49)34(52)37(53)45-15-12-30(50)44-16-17-72-39(54)24-10-13-41(20-42,14-11-24)25-8-9-27(62-3)28(18-25)65-26-6-4-5-7-26/h8-9,18,22-24,26,29,32-34,38,51-52H,4-7,10-17,19,21H2,1-3H3,(H,44,50)(H,45,53)(H,58,59)(H,60,61)(H2,43,46,47)(H2,55,56,57). The first-order valence-corrected chi connectivity index (χ1v) is 28.2. The number of phosphoric ester groups is 3. The van der Waals surface area contributed by atoms with Crippen molar-refractivity contribution in [3.8, 4) is 17.6 Å². The van der Waals surface area contributed by atoms with Gasteiger partial charge in [0.1, 0.15) is 36.3 Å². The van der Waals surface area contributed by atoms with Gasteiger partial charge in [0.25, 0.3) is 0 Å². The van der Waals surface area contributed by atoms with E-state index in [0.29, 0.717) is 37.2 Å². The number of imidazole rings is 1. The number of amides is 2. The highest BCUT2D eigenvalue weighted by atomic mass is 32.2. The lowest BCUT2D eigenvalue weighted by molar-refractivity contribution is -0.137. The lowest BCUT2D eigenvalue weighted by atomic mass is 9.68. The summed E-state index contributed by atoms with van der Waals surface area (Å²) in [6.07, 6.45) is -0.741. The zero-order valence-electron chi connectivity index (χ0n) is 39.4. The molecule has 0 spiro atoms. The maximum Gasteiger partial charge on any atom is 0.481 e. The predicted molar refractivity (Wildman–Crippen MR) is 252 cm³/mol. The number of aromatic nitrogens is 4. The number of nitrogens with one attached hydrogen (secondary N) is 2. The summed E-state index contributed by atoms with van der Waals surface area (Å²) >= 11 is 1.09. The van der Waals surface area contributed by atoms with Crippen molar-refractivity contribution in [2.24, 2.45) is 11.3 Å². The number of phosphoric acid groups is 3. The molecule has 1 saturated heterocycles. The number of carbonyl (C=O) groups is 3. The number of aliphatic hydroxyl groups is 2. The number of nitrogens with two attached hydrogens (primary N) is 1. The molecule has 6 rings (SSSR count). The zero-order chi connectivity index (χ0) is 52.6. The maximum atomic E-state index is 13.1. The highest BCUT2D eigenvalue weighted by Crippen LogP contribution is 2.61. The van der Waals surface area contributed by atoms with Gasteiger partial charge >= 0.3 is 23.5 Å². The Kier molecular flexibility index (Phi) is 19.1. The number of carbonyl (C=O) groups excluding carboxylic acids is 3. The van der Waals surface area contributed by atoms with Crippen LogP contribution in [0.1, 0.15) is 83.4 Å². The fourth-order valence-corrected chi connectivity index (χ4v) is 12.2. The van der Waals surface area contributed by atoms with Crippen LogP contribution >= 0.6 is 35.2 Å². The molecule has 7 unspecified atom stereocenters. The van der Waals surface area contributed by atoms with Crippen LogP contribution in [0.4, 0.5) is 5.82 Å². The summed E-state index contributed by atoms with van der Waals surface area (Å²) in [5, 5.41) is 37.0. The number of methoxy groups -OCH3 is 1. The summed E-state index contributed by atoms with van der Waals surface area (Å²) in [4.78, 5) is 89.7. The van der Waals surface area contributed by atoms with Gasteiger partial charge in [-0.2, -0.15) is 9.57 Å². The summed E-state index contributed by atoms with van der Waals surface area (Å²) in [6, 6.07) is 8.12. The molecule has 3 aliphatic rings. The second-order valence-electron chi connectivity index (χ2n) is 18.1. The highest BCUT2D eigenvalue weighted by molar-refractivity contribution is 8.13. The van der Waals surface area contributed by atoms with Gasteiger partial charge in [-0.1, -0.05) is 31.7 Å². The number of hydrogen-bond acceptors (Lipinski definition) is 21. The van der Waals surface area contributed by atoms with Crippen molar-refractivity contribution in [2.75, 3.05) is 44.9 Å². The second-order valence-corrected chi connectivity index (χ2v) is 23.4. The summed E-state index contributed by atoms with van der Waals surface area (Å²) in [5.41, 5.74) is 4.31. The van der Waals surface area contributed by atoms with Crippen molar-refractivity contribution in [3.63, 3.8) is 0 Å². The molecule has 0 radical (unpaired) electrons. The van der Waals surface area contributed by atoms with Crippen LogP contribution < -0.4 is 25.8 Å². The lowest BCUT2D eigenvalue weighted by Gasteiger charge is -2.35. The van der Waals surface area contributed by atoms with Gasteiger partial charge in [0, 0.05) is 36.6 Å². The Morgan fingerprint density at radius 1 is 1.01 bits per heavy atom. The van der Waals surface area contributed by atoms with E-state index in [9.17, 15) is 63.1 Å². The first kappa shape index (κ1) is 57.2. The van der Waals surface area contributed by atoms with Crippen LogP contribution in [0.25, 0.3) is 11.2 Å². The molecule has 3 heterocycles. The third-order valence-corrected chi connectivity index (χ3v) is 16.6. The average Bonchev–Trinajstić information content (AvgIpc) is 4.08. The molecule has 2 aliphatic carbocycles. The fourth-order valence-electron chi connectivity index (χ4n) is 8.46. The first-order chi connectivity index (χ1) is 33.9. The molecule has 1 aromatic carbocycles. The molecule has 2 aromatic heterocycles. The number of nitrogen functional groups attached to an aromatic ring is 1. The first-order valence-electron chi connectivity index (χ1n) is 22.7. The van der Waals surface area contributed by atoms with Gasteiger partial charge < -0.3 is 60.4 Å². The van der Waals surface area contributed by atoms with Crippen LogP contribution in [-0.2, 0) is 56.1 Å². The number of thioether (sulfide) groups is 1. The van der Waals surface area contributed by atoms with Gasteiger partial charge in [0.2, 0.25) is 11.8 Å². The molecule has 2 amide bonds. The largest absolute Gasteiger partial charge is 0.493 e. The minimum absolute atomic E-state index is 0.0237. The van der Waals surface area contributed by atoms with Crippen molar-refractivity contribution >= 4 is 69.1 Å². The molecule has 72 heavy (non-hydrogen) atoms. The Morgan fingerprint density at radius 2 is 1.71 bits per heavy atom. The number of nitriles is 1. The summed E-state index contributed by atoms with van der Waals surface area (Å²) in [7, 11) is -14.9. The van der Waals surface area contributed by atoms with Gasteiger partial charge in [-0.3, -0.25) is 32.5 Å². The molecule has 7 atom stereocenters. The summed E-state index contributed by atoms with van der Waals surface area (Å²) < 4.78 is 74.4. The highest BCUT2D eigenvalue weighted by Gasteiger charge is 2.50. The Labute approximate surface area is 417 Å². The molecule has 398 valence electrons. The number of rotatable bonds is 24. The van der Waals surface area contributed by atoms with Crippen LogP contribution in [0.15, 0.2) is 30.9 Å². The van der Waals surface area contributed by atoms with E-state index in [4.69, 9.17) is 29.0 Å². The normalized spacial score (nSPS) is 25.0. The smallest absolute Gasteiger partial charge is 0.481 e. The van der Waals surface area contributed by atoms with Crippen LogP contribution in [0.5, 0.6) is 11.5 Å². The van der Waals surface area contributed by atoms with Crippen molar-refractivity contribution in [2.45, 2.75) is 114 Å². The number of anilines is 1. The topological polar surface area (TPSA) is 406 Å². The molecule has 3 fully saturated rings. The molecule has 31 heteroatoms. The van der Waals surface area contributed by atoms with Crippen molar-refractivity contribution < 1.29 is 90.0 Å². The molecule has 3 aromatic rings. The van der Waals surface area contributed by atoms with Gasteiger partial charge in [0.15, 0.2) is 34.3 Å². The molecule has 0 bridgehead atoms. The van der Waals surface area contributed by atoms with Crippen molar-refractivity contribution in [3.05, 3.63) is 36.4 Å². The Morgan fingerprint density at radius 3 is 2.38 bits per heavy atom. The predicted octanol–water partition coefficient (Wildman–Crippen LogP) is 2.65. The quantitative estimate of drug-likeness (QED) is 0.0460. The van der Waals surface area contributed by atoms with E-state index >= 15 is 0 Å². The van der Waals surface area contributed by atoms with E-state index in [1.165, 1.54) is 13.8 Å². The van der Waals surface area contributed by atoms with Gasteiger partial charge in [-0.25, -0.2) is 28.6 Å². The number of fused-ring (bicyclic) bond motifs is 1. The average molecular weight is 1090 g/mol. The van der Waals surface area contributed by atoms with E-state index in [2.05, 4.69) is 40.5 Å². The van der Waals surface area contributed by atoms with Crippen LogP contribution in [0.2, 0.25) is 0 Å². The summed E-state index contributed by atoms with van der Waals surface area (Å²) in [5.74, 6) is -0.249. The molecular weight excluding hydrogens is 1030 g/mol. The molecular formula is C41H59N8O19P3S. The minimum atomic E-state index is -5.60. The number of hydrogen-bond donors (Lipinski definition) is 9. The van der Waals surface area contributed by atoms with Crippen LogP contribution in [-0.4, -0.2) is 136 Å². The van der Waals surface area contributed by atoms with E-state index in [-0.39, 0.29) is 59.4 Å². The van der Waals surface area contributed by atoms with Gasteiger partial charge in [0.05, 0.1) is 44.2 Å². The number of benzene rings is 1. The molecule has 2 saturated carbocycles. The van der Waals surface area contributed by atoms with E-state index in [1.807, 2.05) is 18.2 Å². The molecule has 10 N–H and O–H groups in total. The Balaban J connectivity index is 0.884. The van der Waals surface area contributed by atoms with E-state index in [0.717, 1.165) is 60.2 Å². The molecule has 1 aliphatic heterocycles. The SMILES string of the molecule is COc1ccc(C2(C#N)CCC(C(=O)SCCNC(=O)CCNC(=O)C(O)C(C)(C)COP(=O)(O)OP(=O)(O)OCC3OC(n4cnc5c(N)ncnc54)C(O)C3OP(=O)(O)O)CC2)cc1OC1CCCC1. The van der Waals surface area contributed by atoms with E-state index < -0.39 is 90.0 Å². The van der Waals surface area contributed by atoms with Crippen LogP contribution in [0.3, 0.4) is 0 Å². The van der Waals surface area contributed by atoms with Crippen LogP contribution in [0, 0.1) is 22.7 Å². The number of ether oxygens (including phenoxy) is 3. The molecule has 27 nitrogen and oxygen atoms in total. The van der Waals surface area contributed by atoms with E-state index in [1.54, 1.807) is 7.11 Å². The minimum Gasteiger partial charge on any atom is -0.493 e. The van der Waals surface area contributed by atoms with Crippen molar-refractivity contribution in [1.29, 1.82) is 5.26 Å². The number of aliphatic hydroxyl groups excluding tert-OH is 2. The number of nitrogens with zero attached hydrogens (tertiary/aromatic N) is 5. The Bertz CT molecular complexity index is 2600. The third kappa shape index (κ3) is 14.8. The summed E-state index contributed by atoms with van der Waals surface area (Å²) in [6.45, 7) is 0.365. The maximum absolute atomic E-state index is 13.1. The Hall–Kier alpha value is -4.13. The fraction of sp³-hybridized carbons (Fsp3) is 0.634. The zero-order valence-corrected chi connectivity index (χ0v) is 42.9.